The van der Waals surface area contributed by atoms with Crippen molar-refractivity contribution in [2.75, 3.05) is 27.2 Å². The average Bonchev–Trinajstić information content (AvgIpc) is 2.43. The van der Waals surface area contributed by atoms with E-state index in [2.05, 4.69) is 6.92 Å². The van der Waals surface area contributed by atoms with E-state index in [1.807, 2.05) is 19.0 Å². The van der Waals surface area contributed by atoms with Gasteiger partial charge in [-0.3, -0.25) is 0 Å². The maximum atomic E-state index is 11.8. The van der Waals surface area contributed by atoms with E-state index in [1.165, 1.54) is 32.1 Å². The normalized spacial score (nSPS) is 22.3. The Hall–Kier alpha value is -0.730. The van der Waals surface area contributed by atoms with Crippen LogP contribution in [-0.4, -0.2) is 43.0 Å². The molecule has 1 aliphatic heterocycles. The summed E-state index contributed by atoms with van der Waals surface area (Å²) in [6.07, 6.45) is 6.25. The van der Waals surface area contributed by atoms with E-state index in [1.54, 1.807) is 4.90 Å². The molecule has 0 aromatic heterocycles. The highest BCUT2D eigenvalue weighted by atomic mass is 16.2. The number of rotatable bonds is 2. The Kier molecular flexibility index (Phi) is 4.92. The van der Waals surface area contributed by atoms with Crippen LogP contribution in [0.1, 0.15) is 39.0 Å². The zero-order valence-corrected chi connectivity index (χ0v) is 10.3. The van der Waals surface area contributed by atoms with Gasteiger partial charge in [0.15, 0.2) is 0 Å². The lowest BCUT2D eigenvalue weighted by Crippen LogP contribution is -2.39. The molecule has 3 heteroatoms. The number of nitrogens with zero attached hydrogens (tertiary/aromatic N) is 2. The molecule has 1 aliphatic rings. The largest absolute Gasteiger partial charge is 0.331 e. The average molecular weight is 212 g/mol. The van der Waals surface area contributed by atoms with Crippen LogP contribution >= 0.6 is 0 Å². The zero-order chi connectivity index (χ0) is 11.3. The van der Waals surface area contributed by atoms with Gasteiger partial charge in [0.25, 0.3) is 0 Å². The molecule has 2 amide bonds. The van der Waals surface area contributed by atoms with Crippen LogP contribution in [0.5, 0.6) is 0 Å². The summed E-state index contributed by atoms with van der Waals surface area (Å²) in [5, 5.41) is 0. The van der Waals surface area contributed by atoms with Crippen LogP contribution in [0.3, 0.4) is 0 Å². The first-order valence-electron chi connectivity index (χ1n) is 6.11. The Balaban J connectivity index is 2.42. The summed E-state index contributed by atoms with van der Waals surface area (Å²) < 4.78 is 0. The van der Waals surface area contributed by atoms with Gasteiger partial charge in [-0.25, -0.2) is 4.79 Å². The van der Waals surface area contributed by atoms with E-state index < -0.39 is 0 Å². The lowest BCUT2D eigenvalue weighted by atomic mass is 9.96. The number of amides is 2. The van der Waals surface area contributed by atoms with Gasteiger partial charge in [-0.2, -0.15) is 0 Å². The Morgan fingerprint density at radius 3 is 2.67 bits per heavy atom. The standard InChI is InChI=1S/C12H24N2O/c1-4-6-11-7-5-9-14(10-8-11)12(15)13(2)3/h11H,4-10H2,1-3H3. The maximum absolute atomic E-state index is 11.8. The second-order valence-electron chi connectivity index (χ2n) is 4.75. The molecule has 0 spiro atoms. The van der Waals surface area contributed by atoms with Crippen molar-refractivity contribution in [3.05, 3.63) is 0 Å². The molecule has 0 radical (unpaired) electrons. The number of likely N-dealkylation sites (tertiary alicyclic amines) is 1. The predicted octanol–water partition coefficient (Wildman–Crippen LogP) is 2.57. The van der Waals surface area contributed by atoms with Crippen LogP contribution in [0.15, 0.2) is 0 Å². The summed E-state index contributed by atoms with van der Waals surface area (Å²) in [6.45, 7) is 4.13. The first-order valence-corrected chi connectivity index (χ1v) is 6.11. The van der Waals surface area contributed by atoms with Gasteiger partial charge >= 0.3 is 6.03 Å². The van der Waals surface area contributed by atoms with E-state index in [-0.39, 0.29) is 6.03 Å². The van der Waals surface area contributed by atoms with Gasteiger partial charge in [-0.1, -0.05) is 19.8 Å². The van der Waals surface area contributed by atoms with E-state index in [4.69, 9.17) is 0 Å². The molecule has 3 nitrogen and oxygen atoms in total. The Morgan fingerprint density at radius 2 is 2.07 bits per heavy atom. The van der Waals surface area contributed by atoms with Crippen molar-refractivity contribution in [1.29, 1.82) is 0 Å². The fourth-order valence-electron chi connectivity index (χ4n) is 2.34. The van der Waals surface area contributed by atoms with Crippen molar-refractivity contribution >= 4 is 6.03 Å². The van der Waals surface area contributed by atoms with Gasteiger partial charge in [0.1, 0.15) is 0 Å². The fraction of sp³-hybridized carbons (Fsp3) is 0.917. The molecule has 0 saturated carbocycles. The second kappa shape index (κ2) is 5.99. The first-order chi connectivity index (χ1) is 7.15. The number of urea groups is 1. The van der Waals surface area contributed by atoms with Crippen LogP contribution in [0, 0.1) is 5.92 Å². The molecular weight excluding hydrogens is 188 g/mol. The van der Waals surface area contributed by atoms with Gasteiger partial charge < -0.3 is 9.80 Å². The van der Waals surface area contributed by atoms with Crippen LogP contribution in [-0.2, 0) is 0 Å². The molecule has 1 heterocycles. The molecule has 1 saturated heterocycles. The third-order valence-corrected chi connectivity index (χ3v) is 3.20. The van der Waals surface area contributed by atoms with Crippen LogP contribution in [0.2, 0.25) is 0 Å². The monoisotopic (exact) mass is 212 g/mol. The molecule has 1 rings (SSSR count). The highest BCUT2D eigenvalue weighted by Crippen LogP contribution is 2.22. The molecule has 0 aromatic rings. The van der Waals surface area contributed by atoms with Crippen LogP contribution in [0.4, 0.5) is 4.79 Å². The predicted molar refractivity (Wildman–Crippen MR) is 62.9 cm³/mol. The summed E-state index contributed by atoms with van der Waals surface area (Å²) >= 11 is 0. The van der Waals surface area contributed by atoms with Crippen molar-refractivity contribution in [2.45, 2.75) is 39.0 Å². The summed E-state index contributed by atoms with van der Waals surface area (Å²) in [7, 11) is 3.66. The van der Waals surface area contributed by atoms with E-state index in [0.29, 0.717) is 0 Å². The van der Waals surface area contributed by atoms with Crippen LogP contribution in [0.25, 0.3) is 0 Å². The van der Waals surface area contributed by atoms with Gasteiger partial charge in [0.2, 0.25) is 0 Å². The number of hydrogen-bond donors (Lipinski definition) is 0. The third-order valence-electron chi connectivity index (χ3n) is 3.20. The maximum Gasteiger partial charge on any atom is 0.319 e. The van der Waals surface area contributed by atoms with Crippen molar-refractivity contribution < 1.29 is 4.79 Å². The molecular formula is C12H24N2O. The molecule has 0 bridgehead atoms. The molecule has 0 aliphatic carbocycles. The van der Waals surface area contributed by atoms with E-state index >= 15 is 0 Å². The topological polar surface area (TPSA) is 23.6 Å². The molecule has 0 N–H and O–H groups in total. The molecule has 1 fully saturated rings. The van der Waals surface area contributed by atoms with Gasteiger partial charge in [-0.15, -0.1) is 0 Å². The quantitative estimate of drug-likeness (QED) is 0.690. The summed E-state index contributed by atoms with van der Waals surface area (Å²) in [5.41, 5.74) is 0. The second-order valence-corrected chi connectivity index (χ2v) is 4.75. The molecule has 1 atom stereocenters. The fourth-order valence-corrected chi connectivity index (χ4v) is 2.34. The number of carbonyl (C=O) groups is 1. The Bertz CT molecular complexity index is 204. The molecule has 1 unspecified atom stereocenters. The van der Waals surface area contributed by atoms with Crippen molar-refractivity contribution in [3.63, 3.8) is 0 Å². The minimum atomic E-state index is 0.173. The third kappa shape index (κ3) is 3.73. The highest BCUT2D eigenvalue weighted by molar-refractivity contribution is 5.73. The summed E-state index contributed by atoms with van der Waals surface area (Å²) in [6, 6.07) is 0.173. The van der Waals surface area contributed by atoms with Crippen molar-refractivity contribution in [2.24, 2.45) is 5.92 Å². The van der Waals surface area contributed by atoms with Gasteiger partial charge in [0, 0.05) is 27.2 Å². The SMILES string of the molecule is CCCC1CCCN(C(=O)N(C)C)CC1. The summed E-state index contributed by atoms with van der Waals surface area (Å²) in [5.74, 6) is 0.843. The molecule has 0 aromatic carbocycles. The van der Waals surface area contributed by atoms with E-state index in [9.17, 15) is 4.79 Å². The number of hydrogen-bond acceptors (Lipinski definition) is 1. The zero-order valence-electron chi connectivity index (χ0n) is 10.3. The van der Waals surface area contributed by atoms with Crippen LogP contribution < -0.4 is 0 Å². The minimum absolute atomic E-state index is 0.173. The Labute approximate surface area is 93.4 Å². The minimum Gasteiger partial charge on any atom is -0.331 e. The molecule has 15 heavy (non-hydrogen) atoms. The number of carbonyl (C=O) groups excluding carboxylic acids is 1. The Morgan fingerprint density at radius 1 is 1.33 bits per heavy atom. The highest BCUT2D eigenvalue weighted by Gasteiger charge is 2.20. The lowest BCUT2D eigenvalue weighted by molar-refractivity contribution is 0.172. The van der Waals surface area contributed by atoms with Crippen molar-refractivity contribution in [1.82, 2.24) is 9.80 Å². The summed E-state index contributed by atoms with van der Waals surface area (Å²) in [4.78, 5) is 15.4. The van der Waals surface area contributed by atoms with Crippen molar-refractivity contribution in [3.8, 4) is 0 Å². The lowest BCUT2D eigenvalue weighted by Gasteiger charge is -2.24. The van der Waals surface area contributed by atoms with Gasteiger partial charge in [0.05, 0.1) is 0 Å². The van der Waals surface area contributed by atoms with Gasteiger partial charge in [-0.05, 0) is 25.2 Å². The first kappa shape index (κ1) is 12.3. The van der Waals surface area contributed by atoms with E-state index in [0.717, 1.165) is 19.0 Å². The molecule has 88 valence electrons. The smallest absolute Gasteiger partial charge is 0.319 e.